The van der Waals surface area contributed by atoms with E-state index in [2.05, 4.69) is 10.6 Å². The molecule has 0 bridgehead atoms. The number of nitrogens with one attached hydrogen (secondary N) is 2. The first-order valence-corrected chi connectivity index (χ1v) is 6.02. The molecule has 0 atom stereocenters. The molecule has 2 N–H and O–H groups in total. The van der Waals surface area contributed by atoms with Crippen molar-refractivity contribution >= 4 is 23.2 Å². The van der Waals surface area contributed by atoms with E-state index in [4.69, 9.17) is 11.6 Å². The van der Waals surface area contributed by atoms with Gasteiger partial charge in [-0.15, -0.1) is 0 Å². The first-order chi connectivity index (χ1) is 8.54. The lowest BCUT2D eigenvalue weighted by Crippen LogP contribution is -2.29. The molecule has 0 radical (unpaired) electrons. The van der Waals surface area contributed by atoms with Gasteiger partial charge in [0, 0.05) is 17.3 Å². The Kier molecular flexibility index (Phi) is 5.85. The molecule has 0 heterocycles. The zero-order chi connectivity index (χ0) is 13.5. The van der Waals surface area contributed by atoms with E-state index in [1.165, 1.54) is 6.07 Å². The molecule has 0 saturated carbocycles. The maximum absolute atomic E-state index is 12.0. The molecule has 0 spiro atoms. The van der Waals surface area contributed by atoms with E-state index in [0.717, 1.165) is 6.42 Å². The van der Waals surface area contributed by atoms with Gasteiger partial charge in [-0.3, -0.25) is 4.79 Å². The average molecular weight is 277 g/mol. The molecule has 1 aromatic rings. The van der Waals surface area contributed by atoms with Gasteiger partial charge in [-0.25, -0.2) is 8.78 Å². The van der Waals surface area contributed by atoms with E-state index in [9.17, 15) is 13.6 Å². The summed E-state index contributed by atoms with van der Waals surface area (Å²) in [5.41, 5.74) is 0.865. The van der Waals surface area contributed by atoms with Gasteiger partial charge in [0.2, 0.25) is 0 Å². The van der Waals surface area contributed by atoms with Gasteiger partial charge in [-0.2, -0.15) is 0 Å². The lowest BCUT2D eigenvalue weighted by molar-refractivity contribution is 0.0892. The third kappa shape index (κ3) is 4.49. The van der Waals surface area contributed by atoms with Crippen molar-refractivity contribution in [1.82, 2.24) is 5.32 Å². The van der Waals surface area contributed by atoms with Crippen molar-refractivity contribution in [1.29, 1.82) is 0 Å². The molecular weight excluding hydrogens is 262 g/mol. The van der Waals surface area contributed by atoms with Crippen LogP contribution in [0.5, 0.6) is 0 Å². The fourth-order valence-corrected chi connectivity index (χ4v) is 1.56. The van der Waals surface area contributed by atoms with Crippen molar-refractivity contribution in [3.05, 3.63) is 28.8 Å². The van der Waals surface area contributed by atoms with Crippen LogP contribution in [0.2, 0.25) is 5.02 Å². The number of halogens is 3. The molecule has 18 heavy (non-hydrogen) atoms. The Bertz CT molecular complexity index is 413. The second-order valence-corrected chi connectivity index (χ2v) is 4.15. The molecule has 0 unspecified atom stereocenters. The number of hydrogen-bond donors (Lipinski definition) is 2. The minimum atomic E-state index is -2.57. The maximum Gasteiger partial charge on any atom is 0.255 e. The monoisotopic (exact) mass is 276 g/mol. The van der Waals surface area contributed by atoms with Gasteiger partial charge in [0.05, 0.1) is 12.1 Å². The molecule has 3 nitrogen and oxygen atoms in total. The summed E-state index contributed by atoms with van der Waals surface area (Å²) in [6.07, 6.45) is -1.68. The largest absolute Gasteiger partial charge is 0.384 e. The molecule has 0 aromatic heterocycles. The van der Waals surface area contributed by atoms with Gasteiger partial charge in [0.1, 0.15) is 0 Å². The summed E-state index contributed by atoms with van der Waals surface area (Å²) in [5, 5.41) is 5.59. The molecule has 0 saturated heterocycles. The Morgan fingerprint density at radius 1 is 1.44 bits per heavy atom. The lowest BCUT2D eigenvalue weighted by atomic mass is 10.1. The highest BCUT2D eigenvalue weighted by molar-refractivity contribution is 6.31. The summed E-state index contributed by atoms with van der Waals surface area (Å²) in [7, 11) is 0. The Morgan fingerprint density at radius 3 is 2.78 bits per heavy atom. The number of anilines is 1. The minimum absolute atomic E-state index is 0.275. The third-order valence-corrected chi connectivity index (χ3v) is 2.44. The average Bonchev–Trinajstić information content (AvgIpc) is 2.34. The number of rotatable bonds is 6. The van der Waals surface area contributed by atoms with Gasteiger partial charge in [0.25, 0.3) is 12.3 Å². The Labute approximate surface area is 110 Å². The van der Waals surface area contributed by atoms with Crippen LogP contribution in [-0.4, -0.2) is 25.4 Å². The fraction of sp³-hybridized carbons (Fsp3) is 0.417. The summed E-state index contributed by atoms with van der Waals surface area (Å²) >= 11 is 5.80. The van der Waals surface area contributed by atoms with Gasteiger partial charge in [-0.05, 0) is 24.6 Å². The van der Waals surface area contributed by atoms with E-state index in [0.29, 0.717) is 17.3 Å². The van der Waals surface area contributed by atoms with E-state index >= 15 is 0 Å². The predicted octanol–water partition coefficient (Wildman–Crippen LogP) is 3.16. The second-order valence-electron chi connectivity index (χ2n) is 3.72. The highest BCUT2D eigenvalue weighted by atomic mass is 35.5. The molecular formula is C12H15ClF2N2O. The topological polar surface area (TPSA) is 41.1 Å². The van der Waals surface area contributed by atoms with E-state index in [1.54, 1.807) is 12.1 Å². The summed E-state index contributed by atoms with van der Waals surface area (Å²) in [6, 6.07) is 4.76. The Hall–Kier alpha value is -1.36. The van der Waals surface area contributed by atoms with E-state index in [-0.39, 0.29) is 5.56 Å². The smallest absolute Gasteiger partial charge is 0.255 e. The van der Waals surface area contributed by atoms with Crippen LogP contribution in [-0.2, 0) is 0 Å². The first-order valence-electron chi connectivity index (χ1n) is 5.64. The summed E-state index contributed by atoms with van der Waals surface area (Å²) in [4.78, 5) is 11.7. The molecule has 1 rings (SSSR count). The van der Waals surface area contributed by atoms with Crippen molar-refractivity contribution in [3.63, 3.8) is 0 Å². The Morgan fingerprint density at radius 2 is 2.17 bits per heavy atom. The molecule has 0 aliphatic carbocycles. The van der Waals surface area contributed by atoms with Crippen LogP contribution in [0.25, 0.3) is 0 Å². The van der Waals surface area contributed by atoms with Crippen molar-refractivity contribution in [3.8, 4) is 0 Å². The molecule has 0 fully saturated rings. The van der Waals surface area contributed by atoms with Crippen LogP contribution in [0.4, 0.5) is 14.5 Å². The van der Waals surface area contributed by atoms with Gasteiger partial charge in [0.15, 0.2) is 0 Å². The van der Waals surface area contributed by atoms with Crippen molar-refractivity contribution in [2.75, 3.05) is 18.4 Å². The van der Waals surface area contributed by atoms with Gasteiger partial charge >= 0.3 is 0 Å². The standard InChI is InChI=1S/C12H15ClF2N2O/c1-2-5-16-10-4-3-8(13)6-9(10)12(18)17-7-11(14)15/h3-4,6,11,16H,2,5,7H2,1H3,(H,17,18). The van der Waals surface area contributed by atoms with Crippen LogP contribution >= 0.6 is 11.6 Å². The molecule has 0 aliphatic heterocycles. The molecule has 1 aromatic carbocycles. The number of hydrogen-bond acceptors (Lipinski definition) is 2. The molecule has 0 aliphatic rings. The minimum Gasteiger partial charge on any atom is -0.384 e. The zero-order valence-electron chi connectivity index (χ0n) is 9.97. The van der Waals surface area contributed by atoms with Crippen LogP contribution in [0.1, 0.15) is 23.7 Å². The van der Waals surface area contributed by atoms with E-state index < -0.39 is 18.9 Å². The van der Waals surface area contributed by atoms with Crippen molar-refractivity contribution < 1.29 is 13.6 Å². The second kappa shape index (κ2) is 7.16. The van der Waals surface area contributed by atoms with Crippen LogP contribution < -0.4 is 10.6 Å². The summed E-state index contributed by atoms with van der Waals surface area (Å²) in [5.74, 6) is -0.559. The number of benzene rings is 1. The third-order valence-electron chi connectivity index (χ3n) is 2.21. The highest BCUT2D eigenvalue weighted by Gasteiger charge is 2.13. The number of carbonyl (C=O) groups is 1. The van der Waals surface area contributed by atoms with Crippen LogP contribution in [0.3, 0.4) is 0 Å². The molecule has 1 amide bonds. The fourth-order valence-electron chi connectivity index (χ4n) is 1.38. The van der Waals surface area contributed by atoms with Gasteiger partial charge < -0.3 is 10.6 Å². The Balaban J connectivity index is 2.83. The highest BCUT2D eigenvalue weighted by Crippen LogP contribution is 2.20. The summed E-state index contributed by atoms with van der Waals surface area (Å²) < 4.78 is 24.1. The first kappa shape index (κ1) is 14.7. The number of amides is 1. The van der Waals surface area contributed by atoms with Crippen LogP contribution in [0.15, 0.2) is 18.2 Å². The normalized spacial score (nSPS) is 10.5. The van der Waals surface area contributed by atoms with E-state index in [1.807, 2.05) is 6.92 Å². The van der Waals surface area contributed by atoms with Crippen LogP contribution in [0, 0.1) is 0 Å². The summed E-state index contributed by atoms with van der Waals surface area (Å²) in [6.45, 7) is 2.01. The maximum atomic E-state index is 12.0. The predicted molar refractivity (Wildman–Crippen MR) is 68.6 cm³/mol. The molecule has 6 heteroatoms. The van der Waals surface area contributed by atoms with Crippen molar-refractivity contribution in [2.45, 2.75) is 19.8 Å². The SMILES string of the molecule is CCCNc1ccc(Cl)cc1C(=O)NCC(F)F. The van der Waals surface area contributed by atoms with Crippen molar-refractivity contribution in [2.24, 2.45) is 0 Å². The quantitative estimate of drug-likeness (QED) is 0.838. The lowest BCUT2D eigenvalue weighted by Gasteiger charge is -2.12. The molecule has 100 valence electrons. The van der Waals surface area contributed by atoms with Gasteiger partial charge in [-0.1, -0.05) is 18.5 Å². The number of alkyl halides is 2. The zero-order valence-corrected chi connectivity index (χ0v) is 10.7. The number of carbonyl (C=O) groups excluding carboxylic acids is 1.